The Balaban J connectivity index is 2.25. The molecule has 0 unspecified atom stereocenters. The quantitative estimate of drug-likeness (QED) is 0.851. The summed E-state index contributed by atoms with van der Waals surface area (Å²) in [5.74, 6) is 0.721. The lowest BCUT2D eigenvalue weighted by Gasteiger charge is -2.20. The van der Waals surface area contributed by atoms with Crippen LogP contribution in [-0.2, 0) is 4.79 Å². The summed E-state index contributed by atoms with van der Waals surface area (Å²) < 4.78 is 0. The third-order valence-corrected chi connectivity index (χ3v) is 4.11. The minimum atomic E-state index is -0.0762. The van der Waals surface area contributed by atoms with E-state index in [1.807, 2.05) is 55.4 Å². The molecule has 1 aliphatic heterocycles. The van der Waals surface area contributed by atoms with E-state index in [1.54, 1.807) is 11.9 Å². The van der Waals surface area contributed by atoms with Crippen molar-refractivity contribution in [3.63, 3.8) is 0 Å². The molecule has 0 bridgehead atoms. The third kappa shape index (κ3) is 2.80. The Morgan fingerprint density at radius 3 is 2.61 bits per heavy atom. The fourth-order valence-electron chi connectivity index (χ4n) is 2.46. The van der Waals surface area contributed by atoms with Crippen molar-refractivity contribution in [3.8, 4) is 0 Å². The zero-order valence-electron chi connectivity index (χ0n) is 13.2. The van der Waals surface area contributed by atoms with E-state index in [1.165, 1.54) is 0 Å². The van der Waals surface area contributed by atoms with Crippen molar-refractivity contribution in [3.05, 3.63) is 52.7 Å². The number of rotatable bonds is 2. The van der Waals surface area contributed by atoms with Gasteiger partial charge in [0.2, 0.25) is 5.91 Å². The van der Waals surface area contributed by atoms with Crippen LogP contribution in [0, 0.1) is 0 Å². The largest absolute Gasteiger partial charge is 0.363 e. The maximum atomic E-state index is 12.2. The van der Waals surface area contributed by atoms with Gasteiger partial charge in [0.25, 0.3) is 0 Å². The Kier molecular flexibility index (Phi) is 4.05. The van der Waals surface area contributed by atoms with Gasteiger partial charge in [0.15, 0.2) is 0 Å². The van der Waals surface area contributed by atoms with Crippen LogP contribution in [0.25, 0.3) is 0 Å². The molecule has 118 valence electrons. The minimum absolute atomic E-state index is 0.0741. The van der Waals surface area contributed by atoms with E-state index in [-0.39, 0.29) is 12.5 Å². The number of anilines is 2. The summed E-state index contributed by atoms with van der Waals surface area (Å²) in [7, 11) is 5.59. The van der Waals surface area contributed by atoms with E-state index in [4.69, 9.17) is 16.6 Å². The van der Waals surface area contributed by atoms with Crippen LogP contribution in [0.5, 0.6) is 0 Å². The number of carbonyl (C=O) groups excluding carboxylic acids is 1. The van der Waals surface area contributed by atoms with Crippen LogP contribution >= 0.6 is 11.6 Å². The highest BCUT2D eigenvalue weighted by molar-refractivity contribution is 6.36. The predicted octanol–water partition coefficient (Wildman–Crippen LogP) is 2.61. The van der Waals surface area contributed by atoms with Gasteiger partial charge >= 0.3 is 0 Å². The van der Waals surface area contributed by atoms with E-state index < -0.39 is 0 Å². The average molecular weight is 329 g/mol. The van der Waals surface area contributed by atoms with Crippen molar-refractivity contribution in [2.45, 2.75) is 0 Å². The predicted molar refractivity (Wildman–Crippen MR) is 93.9 cm³/mol. The molecule has 5 nitrogen and oxygen atoms in total. The van der Waals surface area contributed by atoms with Crippen LogP contribution in [0.2, 0.25) is 5.02 Å². The van der Waals surface area contributed by atoms with Gasteiger partial charge in [-0.1, -0.05) is 29.8 Å². The van der Waals surface area contributed by atoms with E-state index in [2.05, 4.69) is 4.99 Å². The average Bonchev–Trinajstić information content (AvgIpc) is 2.66. The second-order valence-electron chi connectivity index (χ2n) is 5.53. The van der Waals surface area contributed by atoms with Gasteiger partial charge in [0.1, 0.15) is 18.1 Å². The Morgan fingerprint density at radius 1 is 1.17 bits per heavy atom. The molecule has 2 aromatic rings. The highest BCUT2D eigenvalue weighted by Crippen LogP contribution is 2.29. The summed E-state index contributed by atoms with van der Waals surface area (Å²) in [5.41, 5.74) is 2.82. The van der Waals surface area contributed by atoms with E-state index in [0.29, 0.717) is 16.4 Å². The summed E-state index contributed by atoms with van der Waals surface area (Å²) in [6.45, 7) is 0.0741. The van der Waals surface area contributed by atoms with Crippen molar-refractivity contribution >= 4 is 34.7 Å². The number of pyridine rings is 1. The molecule has 0 fully saturated rings. The molecule has 2 heterocycles. The van der Waals surface area contributed by atoms with Crippen LogP contribution in [-0.4, -0.2) is 44.3 Å². The van der Waals surface area contributed by atoms with E-state index in [9.17, 15) is 4.79 Å². The van der Waals surface area contributed by atoms with Crippen LogP contribution in [0.1, 0.15) is 11.3 Å². The van der Waals surface area contributed by atoms with Crippen LogP contribution < -0.4 is 9.80 Å². The number of hydrogen-bond acceptors (Lipinski definition) is 4. The molecule has 6 heteroatoms. The van der Waals surface area contributed by atoms with Crippen LogP contribution in [0.4, 0.5) is 11.5 Å². The lowest BCUT2D eigenvalue weighted by atomic mass is 10.0. The maximum absolute atomic E-state index is 12.2. The van der Waals surface area contributed by atoms with Crippen molar-refractivity contribution < 1.29 is 4.79 Å². The SMILES string of the molecule is CN(C)c1ccc2c(n1)C(c1ccccc1Cl)=NCC(=O)N2C. The van der Waals surface area contributed by atoms with Crippen molar-refractivity contribution in [2.24, 2.45) is 4.99 Å². The van der Waals surface area contributed by atoms with Crippen LogP contribution in [0.15, 0.2) is 41.4 Å². The first-order chi connectivity index (χ1) is 11.0. The van der Waals surface area contributed by atoms with Gasteiger partial charge in [-0.3, -0.25) is 9.79 Å². The van der Waals surface area contributed by atoms with Gasteiger partial charge in [-0.2, -0.15) is 0 Å². The van der Waals surface area contributed by atoms with Gasteiger partial charge in [-0.25, -0.2) is 4.98 Å². The van der Waals surface area contributed by atoms with Gasteiger partial charge in [-0.15, -0.1) is 0 Å². The topological polar surface area (TPSA) is 48.8 Å². The molecule has 1 amide bonds. The van der Waals surface area contributed by atoms with Crippen molar-refractivity contribution in [2.75, 3.05) is 37.5 Å². The number of fused-ring (bicyclic) bond motifs is 1. The second-order valence-corrected chi connectivity index (χ2v) is 5.94. The molecule has 1 aromatic heterocycles. The Morgan fingerprint density at radius 2 is 1.91 bits per heavy atom. The number of amides is 1. The number of aliphatic imine (C=N–C) groups is 1. The standard InChI is InChI=1S/C17H17ClN4O/c1-21(2)14-9-8-13-17(20-14)16(19-10-15(23)22(13)3)11-6-4-5-7-12(11)18/h4-9H,10H2,1-3H3. The lowest BCUT2D eigenvalue weighted by Crippen LogP contribution is -2.28. The monoisotopic (exact) mass is 328 g/mol. The molecule has 23 heavy (non-hydrogen) atoms. The fraction of sp³-hybridized carbons (Fsp3) is 0.235. The highest BCUT2D eigenvalue weighted by Gasteiger charge is 2.25. The first-order valence-electron chi connectivity index (χ1n) is 7.23. The molecular weight excluding hydrogens is 312 g/mol. The summed E-state index contributed by atoms with van der Waals surface area (Å²) in [6.07, 6.45) is 0. The first kappa shape index (κ1) is 15.5. The van der Waals surface area contributed by atoms with Gasteiger partial charge in [-0.05, 0) is 18.2 Å². The molecule has 0 spiro atoms. The van der Waals surface area contributed by atoms with Gasteiger partial charge in [0, 0.05) is 26.7 Å². The minimum Gasteiger partial charge on any atom is -0.363 e. The lowest BCUT2D eigenvalue weighted by molar-refractivity contribution is -0.116. The normalized spacial score (nSPS) is 14.2. The van der Waals surface area contributed by atoms with Crippen LogP contribution in [0.3, 0.4) is 0 Å². The molecule has 0 atom stereocenters. The maximum Gasteiger partial charge on any atom is 0.248 e. The molecule has 3 rings (SSSR count). The molecule has 0 aliphatic carbocycles. The number of likely N-dealkylation sites (N-methyl/N-ethyl adjacent to an activating group) is 1. The number of carbonyl (C=O) groups is 1. The van der Waals surface area contributed by atoms with E-state index in [0.717, 1.165) is 17.1 Å². The number of hydrogen-bond donors (Lipinski definition) is 0. The van der Waals surface area contributed by atoms with Gasteiger partial charge < -0.3 is 9.80 Å². The summed E-state index contributed by atoms with van der Waals surface area (Å²) >= 11 is 6.33. The molecule has 0 N–H and O–H groups in total. The highest BCUT2D eigenvalue weighted by atomic mass is 35.5. The molecule has 1 aromatic carbocycles. The smallest absolute Gasteiger partial charge is 0.248 e. The molecule has 1 aliphatic rings. The zero-order valence-corrected chi connectivity index (χ0v) is 14.0. The number of halogens is 1. The number of nitrogens with zero attached hydrogens (tertiary/aromatic N) is 4. The Bertz CT molecular complexity index is 801. The zero-order chi connectivity index (χ0) is 16.6. The Labute approximate surface area is 140 Å². The summed E-state index contributed by atoms with van der Waals surface area (Å²) in [5, 5.41) is 0.589. The van der Waals surface area contributed by atoms with Gasteiger partial charge in [0.05, 0.1) is 16.4 Å². The Hall–Kier alpha value is -2.40. The summed E-state index contributed by atoms with van der Waals surface area (Å²) in [6, 6.07) is 11.3. The number of aromatic nitrogens is 1. The molecular formula is C17H17ClN4O. The number of benzene rings is 1. The first-order valence-corrected chi connectivity index (χ1v) is 7.61. The molecule has 0 saturated carbocycles. The summed E-state index contributed by atoms with van der Waals surface area (Å²) in [4.78, 5) is 24.9. The second kappa shape index (κ2) is 6.01. The molecule has 0 radical (unpaired) electrons. The third-order valence-electron chi connectivity index (χ3n) is 3.78. The fourth-order valence-corrected chi connectivity index (χ4v) is 2.69. The van der Waals surface area contributed by atoms with E-state index >= 15 is 0 Å². The molecule has 0 saturated heterocycles. The van der Waals surface area contributed by atoms with Crippen molar-refractivity contribution in [1.82, 2.24) is 4.98 Å². The van der Waals surface area contributed by atoms with Crippen molar-refractivity contribution in [1.29, 1.82) is 0 Å².